The predicted octanol–water partition coefficient (Wildman–Crippen LogP) is 3.19. The zero-order chi connectivity index (χ0) is 13.2. The molecule has 1 aliphatic heterocycles. The van der Waals surface area contributed by atoms with Crippen molar-refractivity contribution in [2.45, 2.75) is 46.1 Å². The molecule has 0 saturated heterocycles. The summed E-state index contributed by atoms with van der Waals surface area (Å²) in [5.74, 6) is 1.84. The Kier molecular flexibility index (Phi) is 3.96. The zero-order valence-electron chi connectivity index (χ0n) is 12.0. The lowest BCUT2D eigenvalue weighted by Crippen LogP contribution is -2.25. The van der Waals surface area contributed by atoms with E-state index in [4.69, 9.17) is 4.74 Å². The van der Waals surface area contributed by atoms with Gasteiger partial charge in [-0.15, -0.1) is 0 Å². The van der Waals surface area contributed by atoms with Gasteiger partial charge in [0.05, 0.1) is 0 Å². The van der Waals surface area contributed by atoms with Crippen LogP contribution in [0.2, 0.25) is 0 Å². The fraction of sp³-hybridized carbons (Fsp3) is 0.625. The van der Waals surface area contributed by atoms with Crippen molar-refractivity contribution in [2.75, 3.05) is 13.1 Å². The molecule has 0 atom stereocenters. The van der Waals surface area contributed by atoms with Crippen molar-refractivity contribution in [1.82, 2.24) is 5.32 Å². The molecule has 0 saturated carbocycles. The molecule has 18 heavy (non-hydrogen) atoms. The number of nitrogens with one attached hydrogen (secondary N) is 1. The van der Waals surface area contributed by atoms with Crippen LogP contribution in [0.4, 0.5) is 0 Å². The van der Waals surface area contributed by atoms with Gasteiger partial charge >= 0.3 is 0 Å². The fourth-order valence-corrected chi connectivity index (χ4v) is 2.49. The highest BCUT2D eigenvalue weighted by Crippen LogP contribution is 2.37. The Morgan fingerprint density at radius 2 is 2.11 bits per heavy atom. The van der Waals surface area contributed by atoms with Crippen molar-refractivity contribution < 1.29 is 4.74 Å². The molecule has 2 heteroatoms. The second-order valence-corrected chi connectivity index (χ2v) is 6.29. The minimum absolute atomic E-state index is 0.0379. The molecule has 1 aliphatic rings. The van der Waals surface area contributed by atoms with Gasteiger partial charge in [0, 0.05) is 6.42 Å². The summed E-state index contributed by atoms with van der Waals surface area (Å²) < 4.78 is 6.08. The summed E-state index contributed by atoms with van der Waals surface area (Å²) in [7, 11) is 0. The molecule has 0 fully saturated rings. The van der Waals surface area contributed by atoms with Crippen LogP contribution < -0.4 is 10.1 Å². The van der Waals surface area contributed by atoms with Crippen molar-refractivity contribution in [1.29, 1.82) is 0 Å². The molecule has 2 rings (SSSR count). The minimum Gasteiger partial charge on any atom is -0.487 e. The molecule has 1 N–H and O–H groups in total. The Morgan fingerprint density at radius 1 is 1.33 bits per heavy atom. The van der Waals surface area contributed by atoms with Gasteiger partial charge in [-0.05, 0) is 50.4 Å². The molecule has 0 unspecified atom stereocenters. The highest BCUT2D eigenvalue weighted by atomic mass is 16.5. The molecule has 0 radical (unpaired) electrons. The molecule has 1 heterocycles. The monoisotopic (exact) mass is 247 g/mol. The first kappa shape index (κ1) is 13.4. The Hall–Kier alpha value is -1.02. The number of benzene rings is 1. The molecule has 1 aromatic rings. The van der Waals surface area contributed by atoms with Gasteiger partial charge in [-0.2, -0.15) is 0 Å². The van der Waals surface area contributed by atoms with Crippen LogP contribution in [0.5, 0.6) is 5.75 Å². The van der Waals surface area contributed by atoms with E-state index in [9.17, 15) is 0 Å². The average Bonchev–Trinajstić information content (AvgIpc) is 2.58. The van der Waals surface area contributed by atoms with Crippen LogP contribution in [-0.2, 0) is 12.8 Å². The van der Waals surface area contributed by atoms with Gasteiger partial charge in [-0.25, -0.2) is 0 Å². The Balaban J connectivity index is 1.97. The van der Waals surface area contributed by atoms with E-state index in [0.29, 0.717) is 5.92 Å². The van der Waals surface area contributed by atoms with E-state index < -0.39 is 0 Å². The van der Waals surface area contributed by atoms with Crippen molar-refractivity contribution in [3.05, 3.63) is 29.3 Å². The van der Waals surface area contributed by atoms with Crippen LogP contribution >= 0.6 is 0 Å². The molecule has 0 aromatic heterocycles. The van der Waals surface area contributed by atoms with Crippen LogP contribution in [0.1, 0.15) is 38.8 Å². The fourth-order valence-electron chi connectivity index (χ4n) is 2.49. The number of para-hydroxylation sites is 1. The van der Waals surface area contributed by atoms with Gasteiger partial charge in [0.2, 0.25) is 0 Å². The van der Waals surface area contributed by atoms with E-state index in [1.165, 1.54) is 11.1 Å². The van der Waals surface area contributed by atoms with E-state index >= 15 is 0 Å². The second kappa shape index (κ2) is 5.31. The molecular formula is C16H25NO. The van der Waals surface area contributed by atoms with E-state index in [1.54, 1.807) is 0 Å². The molecule has 2 nitrogen and oxygen atoms in total. The molecule has 100 valence electrons. The van der Waals surface area contributed by atoms with Gasteiger partial charge in [0.25, 0.3) is 0 Å². The predicted molar refractivity (Wildman–Crippen MR) is 76.3 cm³/mol. The Bertz CT molecular complexity index is 410. The smallest absolute Gasteiger partial charge is 0.126 e. The van der Waals surface area contributed by atoms with Gasteiger partial charge in [0.15, 0.2) is 0 Å². The Labute approximate surface area is 111 Å². The van der Waals surface area contributed by atoms with E-state index in [-0.39, 0.29) is 5.60 Å². The van der Waals surface area contributed by atoms with Gasteiger partial charge in [0.1, 0.15) is 11.4 Å². The molecule has 1 aromatic carbocycles. The summed E-state index contributed by atoms with van der Waals surface area (Å²) in [6, 6.07) is 6.54. The van der Waals surface area contributed by atoms with E-state index in [0.717, 1.165) is 31.7 Å². The van der Waals surface area contributed by atoms with E-state index in [1.807, 2.05) is 0 Å². The number of hydrogen-bond acceptors (Lipinski definition) is 2. The second-order valence-electron chi connectivity index (χ2n) is 6.29. The van der Waals surface area contributed by atoms with Crippen molar-refractivity contribution in [3.8, 4) is 5.75 Å². The molecule has 0 spiro atoms. The molecule has 0 bridgehead atoms. The summed E-state index contributed by atoms with van der Waals surface area (Å²) in [5.41, 5.74) is 2.67. The first-order chi connectivity index (χ1) is 8.48. The van der Waals surface area contributed by atoms with E-state index in [2.05, 4.69) is 51.2 Å². The third kappa shape index (κ3) is 3.26. The van der Waals surface area contributed by atoms with Crippen LogP contribution in [0.15, 0.2) is 18.2 Å². The van der Waals surface area contributed by atoms with Crippen LogP contribution in [-0.4, -0.2) is 18.7 Å². The molecule has 0 aliphatic carbocycles. The van der Waals surface area contributed by atoms with Crippen molar-refractivity contribution >= 4 is 0 Å². The maximum Gasteiger partial charge on any atom is 0.126 e. The first-order valence-corrected chi connectivity index (χ1v) is 6.98. The minimum atomic E-state index is -0.0379. The summed E-state index contributed by atoms with van der Waals surface area (Å²) in [4.78, 5) is 0. The maximum absolute atomic E-state index is 6.08. The normalized spacial score (nSPS) is 16.7. The van der Waals surface area contributed by atoms with Crippen molar-refractivity contribution in [2.24, 2.45) is 5.92 Å². The third-order valence-electron chi connectivity index (χ3n) is 3.30. The number of fused-ring (bicyclic) bond motifs is 1. The maximum atomic E-state index is 6.08. The summed E-state index contributed by atoms with van der Waals surface area (Å²) in [5, 5.41) is 3.49. The lowest BCUT2D eigenvalue weighted by molar-refractivity contribution is 0.137. The quantitative estimate of drug-likeness (QED) is 0.807. The van der Waals surface area contributed by atoms with Crippen LogP contribution in [0.25, 0.3) is 0 Å². The highest BCUT2D eigenvalue weighted by Gasteiger charge is 2.31. The standard InChI is InChI=1S/C16H25NO/c1-12(2)11-17-9-8-13-6-5-7-14-10-16(3,4)18-15(13)14/h5-7,12,17H,8-11H2,1-4H3. The molecular weight excluding hydrogens is 222 g/mol. The SMILES string of the molecule is CC(C)CNCCc1cccc2c1OC(C)(C)C2. The summed E-state index contributed by atoms with van der Waals surface area (Å²) >= 11 is 0. The summed E-state index contributed by atoms with van der Waals surface area (Å²) in [6.07, 6.45) is 2.07. The van der Waals surface area contributed by atoms with Crippen LogP contribution in [0.3, 0.4) is 0 Å². The lowest BCUT2D eigenvalue weighted by atomic mass is 10.00. The summed E-state index contributed by atoms with van der Waals surface area (Å²) in [6.45, 7) is 10.9. The topological polar surface area (TPSA) is 21.3 Å². The van der Waals surface area contributed by atoms with Gasteiger partial charge < -0.3 is 10.1 Å². The number of ether oxygens (including phenoxy) is 1. The average molecular weight is 247 g/mol. The van der Waals surface area contributed by atoms with Crippen LogP contribution in [0, 0.1) is 5.92 Å². The molecule has 0 amide bonds. The lowest BCUT2D eigenvalue weighted by Gasteiger charge is -2.18. The van der Waals surface area contributed by atoms with Gasteiger partial charge in [-0.3, -0.25) is 0 Å². The highest BCUT2D eigenvalue weighted by molar-refractivity contribution is 5.45. The third-order valence-corrected chi connectivity index (χ3v) is 3.30. The van der Waals surface area contributed by atoms with Crippen molar-refractivity contribution in [3.63, 3.8) is 0 Å². The number of hydrogen-bond donors (Lipinski definition) is 1. The largest absolute Gasteiger partial charge is 0.487 e. The number of rotatable bonds is 5. The first-order valence-electron chi connectivity index (χ1n) is 6.98. The van der Waals surface area contributed by atoms with Gasteiger partial charge in [-0.1, -0.05) is 32.0 Å². The Morgan fingerprint density at radius 3 is 2.83 bits per heavy atom. The zero-order valence-corrected chi connectivity index (χ0v) is 12.0.